The minimum Gasteiger partial charge on any atom is -0.289 e. The van der Waals surface area contributed by atoms with E-state index in [1.807, 2.05) is 0 Å². The van der Waals surface area contributed by atoms with Crippen molar-refractivity contribution in [2.24, 2.45) is 0 Å². The van der Waals surface area contributed by atoms with Crippen molar-refractivity contribution in [1.82, 2.24) is 0 Å². The highest BCUT2D eigenvalue weighted by Gasteiger charge is 2.81. The maximum absolute atomic E-state index is 14.9. The molecule has 0 fully saturated rings. The number of thiol groups is 1. The monoisotopic (exact) mass is 742 g/mol. The number of hydrogen-bond acceptors (Lipinski definition) is 6. The Kier molecular flexibility index (Phi) is 9.63. The Hall–Kier alpha value is -4.62. The smallest absolute Gasteiger partial charge is 0.289 e. The van der Waals surface area contributed by atoms with Crippen LogP contribution < -0.4 is 0 Å². The lowest BCUT2D eigenvalue weighted by molar-refractivity contribution is -0.374. The highest BCUT2D eigenvalue weighted by molar-refractivity contribution is 7.85. The summed E-state index contributed by atoms with van der Waals surface area (Å²) >= 11 is 0. The second-order valence-electron chi connectivity index (χ2n) is 10.2. The van der Waals surface area contributed by atoms with Gasteiger partial charge in [0.05, 0.1) is 0 Å². The number of rotatable bonds is 11. The van der Waals surface area contributed by atoms with Crippen LogP contribution in [0.5, 0.6) is 0 Å². The molecule has 7 nitrogen and oxygen atoms in total. The third-order valence-electron chi connectivity index (χ3n) is 7.08. The number of halogens is 10. The number of alkyl halides is 8. The molecule has 4 aromatic rings. The van der Waals surface area contributed by atoms with Crippen molar-refractivity contribution in [2.75, 3.05) is 0 Å². The van der Waals surface area contributed by atoms with E-state index in [9.17, 15) is 70.3 Å². The summed E-state index contributed by atoms with van der Waals surface area (Å²) in [6.07, 6.45) is 0. The molecular formula is C30H16F10O7S2. The lowest BCUT2D eigenvalue weighted by atomic mass is 9.89. The predicted octanol–water partition coefficient (Wildman–Crippen LogP) is 6.80. The number of carbonyl (C=O) groups excluding carboxylic acids is 2. The van der Waals surface area contributed by atoms with Crippen LogP contribution in [0.25, 0.3) is 0 Å². The molecule has 0 unspecified atom stereocenters. The second-order valence-corrected chi connectivity index (χ2v) is 12.5. The van der Waals surface area contributed by atoms with Crippen molar-refractivity contribution in [1.29, 1.82) is 0 Å². The van der Waals surface area contributed by atoms with Crippen molar-refractivity contribution in [3.63, 3.8) is 0 Å². The molecule has 1 N–H and O–H groups in total. The molecular weight excluding hydrogens is 726 g/mol. The molecule has 0 saturated carbocycles. The maximum Gasteiger partial charge on any atom is 0.382 e. The Labute approximate surface area is 270 Å². The highest BCUT2D eigenvalue weighted by Crippen LogP contribution is 2.59. The third-order valence-corrected chi connectivity index (χ3v) is 8.68. The molecule has 0 atom stereocenters. The van der Waals surface area contributed by atoms with Crippen LogP contribution in [-0.4, -0.2) is 44.8 Å². The van der Waals surface area contributed by atoms with Gasteiger partial charge in [0, 0.05) is 33.4 Å². The van der Waals surface area contributed by atoms with E-state index in [0.29, 0.717) is 54.6 Å². The molecule has 19 heteroatoms. The van der Waals surface area contributed by atoms with E-state index < -0.39 is 111 Å². The summed E-state index contributed by atoms with van der Waals surface area (Å²) in [5.41, 5.74) is -6.25. The number of ketones is 2. The zero-order valence-corrected chi connectivity index (χ0v) is 25.3. The van der Waals surface area contributed by atoms with Crippen LogP contribution >= 0.6 is 0 Å². The van der Waals surface area contributed by atoms with Crippen molar-refractivity contribution in [2.45, 2.75) is 33.5 Å². The molecule has 4 aromatic carbocycles. The SMILES string of the molecule is O=C(c1ccc(C(F)(F)C(F)(F)C(F)(F)C(F)(F)c2ccc(C(=O)c3ccc(F)c(S(=O)(=O)O)c3)cc2)cc1)c1ccc(F)c([SH](=O)=O)c1. The molecule has 0 spiro atoms. The maximum atomic E-state index is 14.9. The molecule has 0 aliphatic rings. The van der Waals surface area contributed by atoms with Crippen LogP contribution in [0.1, 0.15) is 43.0 Å². The molecule has 0 amide bonds. The summed E-state index contributed by atoms with van der Waals surface area (Å²) in [6, 6.07) is 5.39. The summed E-state index contributed by atoms with van der Waals surface area (Å²) < 4.78 is 200. The fourth-order valence-electron chi connectivity index (χ4n) is 4.39. The van der Waals surface area contributed by atoms with Gasteiger partial charge in [0.2, 0.25) is 0 Å². The molecule has 0 heterocycles. The van der Waals surface area contributed by atoms with Gasteiger partial charge in [-0.15, -0.1) is 0 Å². The quantitative estimate of drug-likeness (QED) is 0.0751. The average molecular weight is 743 g/mol. The van der Waals surface area contributed by atoms with E-state index in [1.54, 1.807) is 0 Å². The molecule has 0 aromatic heterocycles. The summed E-state index contributed by atoms with van der Waals surface area (Å²) in [4.78, 5) is 23.0. The molecule has 0 aliphatic carbocycles. The van der Waals surface area contributed by atoms with Gasteiger partial charge < -0.3 is 0 Å². The molecule has 49 heavy (non-hydrogen) atoms. The molecule has 260 valence electrons. The van der Waals surface area contributed by atoms with E-state index in [1.165, 1.54) is 0 Å². The van der Waals surface area contributed by atoms with E-state index in [0.717, 1.165) is 6.07 Å². The second kappa shape index (κ2) is 12.7. The van der Waals surface area contributed by atoms with Crippen LogP contribution in [0.4, 0.5) is 43.9 Å². The van der Waals surface area contributed by atoms with Crippen LogP contribution in [0.3, 0.4) is 0 Å². The van der Waals surface area contributed by atoms with Crippen LogP contribution in [0.2, 0.25) is 0 Å². The summed E-state index contributed by atoms with van der Waals surface area (Å²) in [5, 5.41) is 0. The highest BCUT2D eigenvalue weighted by atomic mass is 32.2. The van der Waals surface area contributed by atoms with Crippen molar-refractivity contribution in [3.8, 4) is 0 Å². The molecule has 0 bridgehead atoms. The zero-order valence-electron chi connectivity index (χ0n) is 23.6. The Bertz CT molecular complexity index is 2140. The topological polar surface area (TPSA) is 123 Å². The number of hydrogen-bond donors (Lipinski definition) is 2. The fourth-order valence-corrected chi connectivity index (χ4v) is 5.47. The Morgan fingerprint density at radius 1 is 0.551 bits per heavy atom. The largest absolute Gasteiger partial charge is 0.382 e. The van der Waals surface area contributed by atoms with E-state index in [-0.39, 0.29) is 24.3 Å². The lowest BCUT2D eigenvalue weighted by Crippen LogP contribution is -2.59. The van der Waals surface area contributed by atoms with Gasteiger partial charge in [-0.1, -0.05) is 48.5 Å². The average Bonchev–Trinajstić information content (AvgIpc) is 3.03. The van der Waals surface area contributed by atoms with Crippen LogP contribution in [0.15, 0.2) is 94.7 Å². The third kappa shape index (κ3) is 6.56. The molecule has 4 rings (SSSR count). The van der Waals surface area contributed by atoms with Gasteiger partial charge in [-0.3, -0.25) is 14.1 Å². The van der Waals surface area contributed by atoms with Gasteiger partial charge in [0.1, 0.15) is 21.4 Å². The first-order chi connectivity index (χ1) is 22.4. The van der Waals surface area contributed by atoms with E-state index >= 15 is 0 Å². The fraction of sp³-hybridized carbons (Fsp3) is 0.133. The van der Waals surface area contributed by atoms with Crippen molar-refractivity contribution in [3.05, 3.63) is 130 Å². The zero-order chi connectivity index (χ0) is 36.9. The summed E-state index contributed by atoms with van der Waals surface area (Å²) in [7, 11) is -8.68. The normalized spacial score (nSPS) is 13.1. The Morgan fingerprint density at radius 2 is 0.898 bits per heavy atom. The van der Waals surface area contributed by atoms with Gasteiger partial charge in [0.15, 0.2) is 22.3 Å². The Balaban J connectivity index is 1.61. The minimum atomic E-state index is -6.83. The standard InChI is InChI=1S/C30H16F10O7S2/c31-21-11-5-17(13-23(21)48(43)44)25(41)15-1-7-19(8-2-15)27(33,34)29(37,38)30(39,40)28(35,36)20-9-3-16(4-10-20)26(42)18-6-12-22(32)24(14-18)49(45,46)47/h1-14,48H,(H,45,46,47). The van der Waals surface area contributed by atoms with E-state index in [2.05, 4.69) is 0 Å². The first-order valence-corrected chi connectivity index (χ1v) is 15.6. The van der Waals surface area contributed by atoms with Gasteiger partial charge in [-0.25, -0.2) is 17.2 Å². The van der Waals surface area contributed by atoms with Crippen molar-refractivity contribution < 1.29 is 74.9 Å². The summed E-state index contributed by atoms with van der Waals surface area (Å²) in [6.45, 7) is 0. The first-order valence-electron chi connectivity index (χ1n) is 13.0. The van der Waals surface area contributed by atoms with Gasteiger partial charge in [0.25, 0.3) is 10.1 Å². The van der Waals surface area contributed by atoms with Gasteiger partial charge in [-0.2, -0.15) is 43.5 Å². The van der Waals surface area contributed by atoms with Gasteiger partial charge >= 0.3 is 23.7 Å². The number of benzene rings is 4. The predicted molar refractivity (Wildman–Crippen MR) is 149 cm³/mol. The lowest BCUT2D eigenvalue weighted by Gasteiger charge is -2.37. The Morgan fingerprint density at radius 3 is 1.27 bits per heavy atom. The minimum absolute atomic E-state index is 0.0347. The molecule has 0 radical (unpaired) electrons. The van der Waals surface area contributed by atoms with E-state index in [4.69, 9.17) is 4.55 Å². The summed E-state index contributed by atoms with van der Waals surface area (Å²) in [5.74, 6) is -30.8. The number of carbonyl (C=O) groups is 2. The molecule has 0 saturated heterocycles. The first kappa shape index (κ1) is 37.2. The molecule has 0 aliphatic heterocycles. The van der Waals surface area contributed by atoms with Gasteiger partial charge in [-0.05, 0) is 36.4 Å². The van der Waals surface area contributed by atoms with Crippen LogP contribution in [0, 0.1) is 11.6 Å². The van der Waals surface area contributed by atoms with Crippen LogP contribution in [-0.2, 0) is 32.7 Å². The van der Waals surface area contributed by atoms with Crippen molar-refractivity contribution >= 4 is 32.4 Å².